The van der Waals surface area contributed by atoms with E-state index in [4.69, 9.17) is 0 Å². The summed E-state index contributed by atoms with van der Waals surface area (Å²) >= 11 is 0. The van der Waals surface area contributed by atoms with Crippen LogP contribution in [0.3, 0.4) is 0 Å². The Bertz CT molecular complexity index is 91.4. The van der Waals surface area contributed by atoms with Crippen molar-refractivity contribution in [3.63, 3.8) is 0 Å². The fourth-order valence-corrected chi connectivity index (χ4v) is 0.739. The van der Waals surface area contributed by atoms with Crippen molar-refractivity contribution >= 4 is 0 Å². The lowest BCUT2D eigenvalue weighted by Gasteiger charge is -1.85. The fraction of sp³-hybridized carbons (Fsp3) is 0.800. The molecule has 11 heavy (non-hydrogen) atoms. The van der Waals surface area contributed by atoms with E-state index in [0.29, 0.717) is 0 Å². The van der Waals surface area contributed by atoms with E-state index in [2.05, 4.69) is 19.2 Å². The molecule has 0 aromatic rings. The first-order chi connectivity index (χ1) is 5.30. The second kappa shape index (κ2) is 9.70. The zero-order valence-electron chi connectivity index (χ0n) is 8.91. The van der Waals surface area contributed by atoms with Crippen molar-refractivity contribution < 1.29 is 0 Å². The Morgan fingerprint density at radius 1 is 0.818 bits per heavy atom. The third-order valence-electron chi connectivity index (χ3n) is 1.51. The van der Waals surface area contributed by atoms with Crippen molar-refractivity contribution in [1.82, 2.24) is 5.32 Å². The van der Waals surface area contributed by atoms with Crippen LogP contribution in [-0.2, 0) is 0 Å². The SMILES string of the molecule is CC.CC.CC1=C(C)CNC1. The van der Waals surface area contributed by atoms with Crippen LogP contribution in [0.1, 0.15) is 41.5 Å². The molecule has 0 unspecified atom stereocenters. The van der Waals surface area contributed by atoms with Crippen molar-refractivity contribution in [3.05, 3.63) is 11.1 Å². The van der Waals surface area contributed by atoms with E-state index in [-0.39, 0.29) is 0 Å². The number of hydrogen-bond acceptors (Lipinski definition) is 1. The van der Waals surface area contributed by atoms with Gasteiger partial charge in [-0.1, -0.05) is 38.8 Å². The molecule has 1 nitrogen and oxygen atoms in total. The quantitative estimate of drug-likeness (QED) is 0.533. The van der Waals surface area contributed by atoms with Crippen LogP contribution >= 0.6 is 0 Å². The Labute approximate surface area is 71.9 Å². The van der Waals surface area contributed by atoms with E-state index in [1.165, 1.54) is 11.1 Å². The molecule has 0 aromatic carbocycles. The molecule has 1 N–H and O–H groups in total. The molecule has 1 rings (SSSR count). The van der Waals surface area contributed by atoms with Crippen molar-refractivity contribution in [2.45, 2.75) is 41.5 Å². The van der Waals surface area contributed by atoms with Gasteiger partial charge in [0, 0.05) is 13.1 Å². The summed E-state index contributed by atoms with van der Waals surface area (Å²) in [6.07, 6.45) is 0. The maximum Gasteiger partial charge on any atom is 0.0167 e. The van der Waals surface area contributed by atoms with Gasteiger partial charge >= 0.3 is 0 Å². The van der Waals surface area contributed by atoms with Gasteiger partial charge in [0.2, 0.25) is 0 Å². The van der Waals surface area contributed by atoms with Gasteiger partial charge in [-0.15, -0.1) is 0 Å². The second-order valence-electron chi connectivity index (χ2n) is 2.16. The first-order valence-electron chi connectivity index (χ1n) is 4.66. The molecule has 0 saturated heterocycles. The third kappa shape index (κ3) is 6.11. The van der Waals surface area contributed by atoms with Gasteiger partial charge in [-0.25, -0.2) is 0 Å². The highest BCUT2D eigenvalue weighted by Gasteiger charge is 2.02. The Hall–Kier alpha value is -0.300. The minimum atomic E-state index is 1.10. The van der Waals surface area contributed by atoms with E-state index in [0.717, 1.165) is 13.1 Å². The lowest BCUT2D eigenvalue weighted by molar-refractivity contribution is 0.863. The molecule has 1 aliphatic heterocycles. The summed E-state index contributed by atoms with van der Waals surface area (Å²) in [7, 11) is 0. The smallest absolute Gasteiger partial charge is 0.0167 e. The van der Waals surface area contributed by atoms with Gasteiger partial charge in [0.1, 0.15) is 0 Å². The van der Waals surface area contributed by atoms with Gasteiger partial charge in [0.15, 0.2) is 0 Å². The highest BCUT2D eigenvalue weighted by atomic mass is 14.9. The molecule has 0 aromatic heterocycles. The van der Waals surface area contributed by atoms with E-state index < -0.39 is 0 Å². The van der Waals surface area contributed by atoms with Crippen LogP contribution in [-0.4, -0.2) is 13.1 Å². The van der Waals surface area contributed by atoms with Crippen LogP contribution in [0.5, 0.6) is 0 Å². The molecule has 0 radical (unpaired) electrons. The molecule has 68 valence electrons. The molecule has 1 heterocycles. The minimum absolute atomic E-state index is 1.10. The molecule has 1 heteroatoms. The zero-order chi connectivity index (χ0) is 9.28. The van der Waals surface area contributed by atoms with Crippen LogP contribution in [0.25, 0.3) is 0 Å². The van der Waals surface area contributed by atoms with Gasteiger partial charge in [0.05, 0.1) is 0 Å². The fourth-order valence-electron chi connectivity index (χ4n) is 0.739. The Kier molecular flexibility index (Phi) is 11.7. The van der Waals surface area contributed by atoms with Gasteiger partial charge in [-0.3, -0.25) is 0 Å². The number of hydrogen-bond donors (Lipinski definition) is 1. The topological polar surface area (TPSA) is 12.0 Å². The molecule has 0 amide bonds. The van der Waals surface area contributed by atoms with Gasteiger partial charge in [-0.2, -0.15) is 0 Å². The summed E-state index contributed by atoms with van der Waals surface area (Å²) in [5, 5.41) is 3.25. The Balaban J connectivity index is 0. The van der Waals surface area contributed by atoms with Crippen LogP contribution in [0.2, 0.25) is 0 Å². The molecule has 0 saturated carbocycles. The van der Waals surface area contributed by atoms with E-state index >= 15 is 0 Å². The van der Waals surface area contributed by atoms with Crippen molar-refractivity contribution in [2.75, 3.05) is 13.1 Å². The molecule has 0 aliphatic carbocycles. The highest BCUT2D eigenvalue weighted by Crippen LogP contribution is 2.05. The van der Waals surface area contributed by atoms with Gasteiger partial charge < -0.3 is 5.32 Å². The van der Waals surface area contributed by atoms with E-state index in [9.17, 15) is 0 Å². The van der Waals surface area contributed by atoms with Crippen LogP contribution < -0.4 is 5.32 Å². The van der Waals surface area contributed by atoms with Crippen LogP contribution in [0.15, 0.2) is 11.1 Å². The maximum absolute atomic E-state index is 3.25. The van der Waals surface area contributed by atoms with E-state index in [1.54, 1.807) is 0 Å². The average Bonchev–Trinajstić information content (AvgIpc) is 2.44. The molecule has 0 spiro atoms. The third-order valence-corrected chi connectivity index (χ3v) is 1.51. The predicted molar refractivity (Wildman–Crippen MR) is 53.9 cm³/mol. The zero-order valence-corrected chi connectivity index (χ0v) is 8.91. The van der Waals surface area contributed by atoms with Crippen molar-refractivity contribution in [3.8, 4) is 0 Å². The van der Waals surface area contributed by atoms with Gasteiger partial charge in [0.25, 0.3) is 0 Å². The monoisotopic (exact) mass is 157 g/mol. The lowest BCUT2D eigenvalue weighted by atomic mass is 10.2. The second-order valence-corrected chi connectivity index (χ2v) is 2.16. The first kappa shape index (κ1) is 13.3. The number of nitrogens with one attached hydrogen (secondary N) is 1. The summed E-state index contributed by atoms with van der Waals surface area (Å²) in [5.41, 5.74) is 3.03. The highest BCUT2D eigenvalue weighted by molar-refractivity contribution is 5.17. The minimum Gasteiger partial charge on any atom is -0.309 e. The molecular formula is C10H23N. The van der Waals surface area contributed by atoms with Crippen LogP contribution in [0.4, 0.5) is 0 Å². The van der Waals surface area contributed by atoms with Crippen molar-refractivity contribution in [2.24, 2.45) is 0 Å². The molecule has 0 bridgehead atoms. The predicted octanol–water partition coefficient (Wildman–Crippen LogP) is 2.98. The first-order valence-corrected chi connectivity index (χ1v) is 4.66. The summed E-state index contributed by atoms with van der Waals surface area (Å²) in [5.74, 6) is 0. The van der Waals surface area contributed by atoms with E-state index in [1.807, 2.05) is 27.7 Å². The van der Waals surface area contributed by atoms with Crippen LogP contribution in [0, 0.1) is 0 Å². The Morgan fingerprint density at radius 2 is 1.09 bits per heavy atom. The molecule has 0 atom stereocenters. The number of rotatable bonds is 0. The molecule has 1 aliphatic rings. The normalized spacial score (nSPS) is 14.7. The molecule has 0 fully saturated rings. The largest absolute Gasteiger partial charge is 0.309 e. The standard InChI is InChI=1S/C6H11N.2C2H6/c1-5-3-7-4-6(5)2;2*1-2/h7H,3-4H2,1-2H3;2*1-2H3. The summed E-state index contributed by atoms with van der Waals surface area (Å²) in [6, 6.07) is 0. The summed E-state index contributed by atoms with van der Waals surface area (Å²) < 4.78 is 0. The molecular weight excluding hydrogens is 134 g/mol. The average molecular weight is 157 g/mol. The lowest BCUT2D eigenvalue weighted by Crippen LogP contribution is -2.07. The Morgan fingerprint density at radius 3 is 1.18 bits per heavy atom. The van der Waals surface area contributed by atoms with Gasteiger partial charge in [-0.05, 0) is 13.8 Å². The summed E-state index contributed by atoms with van der Waals surface area (Å²) in [4.78, 5) is 0. The maximum atomic E-state index is 3.25. The van der Waals surface area contributed by atoms with Crippen molar-refractivity contribution in [1.29, 1.82) is 0 Å². The summed E-state index contributed by atoms with van der Waals surface area (Å²) in [6.45, 7) is 14.6.